The maximum Gasteiger partial charge on any atom is 0.244 e. The number of anilines is 2. The first-order chi connectivity index (χ1) is 12.5. The Labute approximate surface area is 152 Å². The fourth-order valence-corrected chi connectivity index (χ4v) is 3.01. The van der Waals surface area contributed by atoms with Gasteiger partial charge in [0.1, 0.15) is 6.54 Å². The molecular formula is C21H21N3O2. The Balaban J connectivity index is 1.89. The minimum Gasteiger partial charge on any atom is -0.324 e. The van der Waals surface area contributed by atoms with Gasteiger partial charge in [-0.1, -0.05) is 36.4 Å². The molecule has 0 atom stereocenters. The van der Waals surface area contributed by atoms with Crippen LogP contribution in [-0.2, 0) is 9.59 Å². The van der Waals surface area contributed by atoms with E-state index in [4.69, 9.17) is 0 Å². The lowest BCUT2D eigenvalue weighted by Crippen LogP contribution is -2.37. The van der Waals surface area contributed by atoms with E-state index in [2.05, 4.69) is 10.3 Å². The van der Waals surface area contributed by atoms with Gasteiger partial charge in [-0.05, 0) is 37.1 Å². The van der Waals surface area contributed by atoms with E-state index in [1.54, 1.807) is 6.20 Å². The normalized spacial score (nSPS) is 10.6. The summed E-state index contributed by atoms with van der Waals surface area (Å²) in [5, 5.41) is 3.85. The summed E-state index contributed by atoms with van der Waals surface area (Å²) in [6.07, 6.45) is 1.68. The van der Waals surface area contributed by atoms with Gasteiger partial charge in [0.05, 0.1) is 11.2 Å². The van der Waals surface area contributed by atoms with Gasteiger partial charge in [-0.25, -0.2) is 0 Å². The molecule has 0 aliphatic carbocycles. The first-order valence-electron chi connectivity index (χ1n) is 8.45. The molecule has 0 saturated carbocycles. The molecule has 0 aliphatic rings. The van der Waals surface area contributed by atoms with E-state index in [-0.39, 0.29) is 18.4 Å². The fraction of sp³-hybridized carbons (Fsp3) is 0.190. The molecule has 0 spiro atoms. The lowest BCUT2D eigenvalue weighted by Gasteiger charge is -2.22. The highest BCUT2D eigenvalue weighted by molar-refractivity contribution is 6.06. The van der Waals surface area contributed by atoms with E-state index in [0.29, 0.717) is 11.2 Å². The van der Waals surface area contributed by atoms with Crippen molar-refractivity contribution in [1.82, 2.24) is 4.98 Å². The molecule has 0 aliphatic heterocycles. The predicted octanol–water partition coefficient (Wildman–Crippen LogP) is 3.84. The summed E-state index contributed by atoms with van der Waals surface area (Å²) in [6.45, 7) is 5.27. The molecule has 5 nitrogen and oxygen atoms in total. The van der Waals surface area contributed by atoms with Gasteiger partial charge in [0.2, 0.25) is 11.8 Å². The van der Waals surface area contributed by atoms with Crippen molar-refractivity contribution in [2.75, 3.05) is 16.8 Å². The van der Waals surface area contributed by atoms with Crippen molar-refractivity contribution in [1.29, 1.82) is 0 Å². The molecule has 3 aromatic rings. The number of rotatable bonds is 4. The SMILES string of the molecule is CC(=O)N(CC(=O)Nc1c(C)cccc1C)c1cccc2cccnc12. The zero-order valence-corrected chi connectivity index (χ0v) is 15.1. The molecular weight excluding hydrogens is 326 g/mol. The largest absolute Gasteiger partial charge is 0.324 e. The topological polar surface area (TPSA) is 62.3 Å². The molecule has 2 aromatic carbocycles. The van der Waals surface area contributed by atoms with Gasteiger partial charge in [-0.2, -0.15) is 0 Å². The van der Waals surface area contributed by atoms with Crippen LogP contribution in [-0.4, -0.2) is 23.3 Å². The number of hydrogen-bond acceptors (Lipinski definition) is 3. The second-order valence-corrected chi connectivity index (χ2v) is 6.27. The van der Waals surface area contributed by atoms with Crippen LogP contribution >= 0.6 is 0 Å². The molecule has 1 aromatic heterocycles. The summed E-state index contributed by atoms with van der Waals surface area (Å²) >= 11 is 0. The molecule has 0 unspecified atom stereocenters. The predicted molar refractivity (Wildman–Crippen MR) is 104 cm³/mol. The zero-order chi connectivity index (χ0) is 18.7. The van der Waals surface area contributed by atoms with Crippen LogP contribution in [0.25, 0.3) is 10.9 Å². The van der Waals surface area contributed by atoms with Crippen LogP contribution in [0, 0.1) is 13.8 Å². The average molecular weight is 347 g/mol. The Morgan fingerprint density at radius 2 is 1.65 bits per heavy atom. The Morgan fingerprint density at radius 1 is 1.00 bits per heavy atom. The van der Waals surface area contributed by atoms with E-state index in [9.17, 15) is 9.59 Å². The van der Waals surface area contributed by atoms with Gasteiger partial charge in [0.15, 0.2) is 0 Å². The van der Waals surface area contributed by atoms with Gasteiger partial charge in [-0.3, -0.25) is 14.6 Å². The molecule has 1 N–H and O–H groups in total. The quantitative estimate of drug-likeness (QED) is 0.780. The number of aryl methyl sites for hydroxylation is 2. The van der Waals surface area contributed by atoms with Crippen molar-refractivity contribution in [2.24, 2.45) is 0 Å². The van der Waals surface area contributed by atoms with Crippen LogP contribution in [0.5, 0.6) is 0 Å². The number of nitrogens with one attached hydrogen (secondary N) is 1. The number of benzene rings is 2. The van der Waals surface area contributed by atoms with Gasteiger partial charge >= 0.3 is 0 Å². The summed E-state index contributed by atoms with van der Waals surface area (Å²) < 4.78 is 0. The molecule has 26 heavy (non-hydrogen) atoms. The maximum absolute atomic E-state index is 12.6. The summed E-state index contributed by atoms with van der Waals surface area (Å²) in [5.41, 5.74) is 4.09. The number of pyridine rings is 1. The van der Waals surface area contributed by atoms with Crippen molar-refractivity contribution in [2.45, 2.75) is 20.8 Å². The summed E-state index contributed by atoms with van der Waals surface area (Å²) in [6, 6.07) is 15.2. The lowest BCUT2D eigenvalue weighted by atomic mass is 10.1. The number of aromatic nitrogens is 1. The second kappa shape index (κ2) is 7.35. The van der Waals surface area contributed by atoms with E-state index in [1.807, 2.05) is 62.4 Å². The molecule has 0 radical (unpaired) electrons. The minimum atomic E-state index is -0.245. The van der Waals surface area contributed by atoms with E-state index in [1.165, 1.54) is 11.8 Å². The Bertz CT molecular complexity index is 956. The summed E-state index contributed by atoms with van der Waals surface area (Å²) in [7, 11) is 0. The van der Waals surface area contributed by atoms with Crippen molar-refractivity contribution in [3.8, 4) is 0 Å². The maximum atomic E-state index is 12.6. The number of nitrogens with zero attached hydrogens (tertiary/aromatic N) is 2. The van der Waals surface area contributed by atoms with Crippen molar-refractivity contribution in [3.63, 3.8) is 0 Å². The number of carbonyl (C=O) groups excluding carboxylic acids is 2. The van der Waals surface area contributed by atoms with Gasteiger partial charge in [0.25, 0.3) is 0 Å². The van der Waals surface area contributed by atoms with Crippen LogP contribution in [0.4, 0.5) is 11.4 Å². The van der Waals surface area contributed by atoms with E-state index in [0.717, 1.165) is 22.2 Å². The standard InChI is InChI=1S/C21H21N3O2/c1-14-7-4-8-15(2)20(14)23-19(26)13-24(16(3)25)18-11-5-9-17-10-6-12-22-21(17)18/h4-12H,13H2,1-3H3,(H,23,26). The molecule has 5 heteroatoms. The number of para-hydroxylation sites is 2. The first-order valence-corrected chi connectivity index (χ1v) is 8.45. The molecule has 0 bridgehead atoms. The van der Waals surface area contributed by atoms with Gasteiger partial charge in [0, 0.05) is 24.2 Å². The van der Waals surface area contributed by atoms with E-state index < -0.39 is 0 Å². The number of fused-ring (bicyclic) bond motifs is 1. The second-order valence-electron chi connectivity index (χ2n) is 6.27. The highest BCUT2D eigenvalue weighted by Crippen LogP contribution is 2.25. The van der Waals surface area contributed by atoms with Crippen LogP contribution in [0.3, 0.4) is 0 Å². The third-order valence-corrected chi connectivity index (χ3v) is 4.33. The molecule has 0 saturated heterocycles. The highest BCUT2D eigenvalue weighted by Gasteiger charge is 2.19. The Kier molecular flexibility index (Phi) is 4.98. The van der Waals surface area contributed by atoms with Crippen molar-refractivity contribution < 1.29 is 9.59 Å². The average Bonchev–Trinajstić information content (AvgIpc) is 2.62. The van der Waals surface area contributed by atoms with Gasteiger partial charge in [-0.15, -0.1) is 0 Å². The monoisotopic (exact) mass is 347 g/mol. The molecule has 1 heterocycles. The first kappa shape index (κ1) is 17.6. The Morgan fingerprint density at radius 3 is 2.35 bits per heavy atom. The smallest absolute Gasteiger partial charge is 0.244 e. The van der Waals surface area contributed by atoms with Gasteiger partial charge < -0.3 is 10.2 Å². The number of amides is 2. The van der Waals surface area contributed by atoms with Crippen molar-refractivity contribution in [3.05, 3.63) is 65.9 Å². The third kappa shape index (κ3) is 3.57. The number of carbonyl (C=O) groups is 2. The Hall–Kier alpha value is -3.21. The van der Waals surface area contributed by atoms with E-state index >= 15 is 0 Å². The van der Waals surface area contributed by atoms with Crippen molar-refractivity contribution >= 4 is 34.1 Å². The molecule has 3 rings (SSSR count). The molecule has 0 fully saturated rings. The summed E-state index contributed by atoms with van der Waals surface area (Å²) in [4.78, 5) is 30.7. The number of hydrogen-bond donors (Lipinski definition) is 1. The lowest BCUT2D eigenvalue weighted by molar-refractivity contribution is -0.120. The molecule has 132 valence electrons. The fourth-order valence-electron chi connectivity index (χ4n) is 3.01. The highest BCUT2D eigenvalue weighted by atomic mass is 16.2. The zero-order valence-electron chi connectivity index (χ0n) is 15.1. The summed E-state index contributed by atoms with van der Waals surface area (Å²) in [5.74, 6) is -0.453. The van der Waals surface area contributed by atoms with Crippen LogP contribution in [0.15, 0.2) is 54.7 Å². The minimum absolute atomic E-state index is 0.0706. The third-order valence-electron chi connectivity index (χ3n) is 4.33. The van der Waals surface area contributed by atoms with Crippen LogP contribution < -0.4 is 10.2 Å². The van der Waals surface area contributed by atoms with Crippen LogP contribution in [0.1, 0.15) is 18.1 Å². The molecule has 2 amide bonds. The van der Waals surface area contributed by atoms with Crippen LogP contribution in [0.2, 0.25) is 0 Å².